The number of hydrogen-bond donors (Lipinski definition) is 1. The van der Waals surface area contributed by atoms with Gasteiger partial charge < -0.3 is 10.2 Å². The molecule has 0 fully saturated rings. The molecule has 2 amide bonds. The first kappa shape index (κ1) is 23.3. The summed E-state index contributed by atoms with van der Waals surface area (Å²) in [6, 6.07) is 13.8. The number of nitrogens with one attached hydrogen (secondary N) is 1. The van der Waals surface area contributed by atoms with Crippen LogP contribution in [0.3, 0.4) is 0 Å². The van der Waals surface area contributed by atoms with Crippen molar-refractivity contribution in [1.29, 1.82) is 0 Å². The molecule has 0 bridgehead atoms. The van der Waals surface area contributed by atoms with E-state index in [4.69, 9.17) is 0 Å². The highest BCUT2D eigenvalue weighted by Gasteiger charge is 2.24. The van der Waals surface area contributed by atoms with Gasteiger partial charge in [0.2, 0.25) is 11.8 Å². The van der Waals surface area contributed by atoms with Crippen LogP contribution in [0.5, 0.6) is 0 Å². The molecule has 0 radical (unpaired) electrons. The molecule has 0 spiro atoms. The molecule has 1 aliphatic heterocycles. The summed E-state index contributed by atoms with van der Waals surface area (Å²) in [7, 11) is 0. The summed E-state index contributed by atoms with van der Waals surface area (Å²) in [5, 5.41) is 11.6. The van der Waals surface area contributed by atoms with Gasteiger partial charge in [-0.3, -0.25) is 9.59 Å². The van der Waals surface area contributed by atoms with E-state index in [9.17, 15) is 9.59 Å². The first-order valence-electron chi connectivity index (χ1n) is 10.7. The van der Waals surface area contributed by atoms with E-state index in [-0.39, 0.29) is 17.1 Å². The molecule has 4 aromatic rings. The summed E-state index contributed by atoms with van der Waals surface area (Å²) < 4.78 is 2.60. The Balaban J connectivity index is 1.20. The molecule has 174 valence electrons. The Kier molecular flexibility index (Phi) is 6.87. The normalized spacial score (nSPS) is 13.8. The molecule has 0 unspecified atom stereocenters. The Morgan fingerprint density at radius 2 is 2.00 bits per heavy atom. The number of rotatable bonds is 7. The van der Waals surface area contributed by atoms with Crippen LogP contribution < -0.4 is 10.2 Å². The van der Waals surface area contributed by atoms with Gasteiger partial charge in [0.05, 0.1) is 21.2 Å². The first-order chi connectivity index (χ1) is 16.5. The number of nitrogens with zero attached hydrogens (tertiary/aromatic N) is 4. The average molecular weight is 528 g/mol. The molecular weight excluding hydrogens is 507 g/mol. The number of carbonyl (C=O) groups is 2. The first-order valence-corrected chi connectivity index (χ1v) is 14.2. The summed E-state index contributed by atoms with van der Waals surface area (Å²) >= 11 is 5.87. The fourth-order valence-corrected chi connectivity index (χ4v) is 7.56. The predicted molar refractivity (Wildman–Crippen MR) is 141 cm³/mol. The molecule has 0 aliphatic carbocycles. The van der Waals surface area contributed by atoms with Gasteiger partial charge >= 0.3 is 0 Å². The molecule has 2 aromatic heterocycles. The minimum atomic E-state index is -0.294. The van der Waals surface area contributed by atoms with Crippen LogP contribution in [-0.2, 0) is 16.0 Å². The van der Waals surface area contributed by atoms with E-state index >= 15 is 0 Å². The van der Waals surface area contributed by atoms with E-state index in [0.29, 0.717) is 5.75 Å². The number of amides is 2. The Morgan fingerprint density at radius 1 is 1.15 bits per heavy atom. The molecule has 1 N–H and O–H groups in total. The average Bonchev–Trinajstić information content (AvgIpc) is 3.55. The van der Waals surface area contributed by atoms with Gasteiger partial charge in [-0.1, -0.05) is 53.1 Å². The van der Waals surface area contributed by atoms with E-state index in [2.05, 4.69) is 26.6 Å². The van der Waals surface area contributed by atoms with Gasteiger partial charge in [0.1, 0.15) is 5.01 Å². The number of carbonyl (C=O) groups excluding carboxylic acids is 2. The lowest BCUT2D eigenvalue weighted by Crippen LogP contribution is -2.30. The predicted octanol–water partition coefficient (Wildman–Crippen LogP) is 5.26. The summed E-state index contributed by atoms with van der Waals surface area (Å²) in [6.45, 7) is 4.48. The number of aryl methyl sites for hydroxylation is 1. The highest BCUT2D eigenvalue weighted by molar-refractivity contribution is 8.02. The van der Waals surface area contributed by atoms with Crippen molar-refractivity contribution < 1.29 is 9.59 Å². The molecule has 11 heteroatoms. The zero-order valence-electron chi connectivity index (χ0n) is 18.5. The van der Waals surface area contributed by atoms with Gasteiger partial charge in [-0.15, -0.1) is 21.5 Å². The zero-order chi connectivity index (χ0) is 23.7. The van der Waals surface area contributed by atoms with E-state index in [1.165, 1.54) is 51.8 Å². The Bertz CT molecular complexity index is 1370. The van der Waals surface area contributed by atoms with Crippen molar-refractivity contribution >= 4 is 79.6 Å². The summed E-state index contributed by atoms with van der Waals surface area (Å²) in [5.41, 5.74) is 3.83. The number of benzene rings is 2. The maximum Gasteiger partial charge on any atom is 0.237 e. The van der Waals surface area contributed by atoms with Crippen LogP contribution >= 0.6 is 46.2 Å². The van der Waals surface area contributed by atoms with Crippen LogP contribution in [0, 0.1) is 6.92 Å². The van der Waals surface area contributed by atoms with Gasteiger partial charge in [0.25, 0.3) is 0 Å². The lowest BCUT2D eigenvalue weighted by atomic mass is 10.2. The van der Waals surface area contributed by atoms with Gasteiger partial charge in [-0.2, -0.15) is 0 Å². The third-order valence-electron chi connectivity index (χ3n) is 5.30. The van der Waals surface area contributed by atoms with Crippen molar-refractivity contribution in [2.24, 2.45) is 0 Å². The van der Waals surface area contributed by atoms with Crippen molar-refractivity contribution in [2.45, 2.75) is 34.2 Å². The zero-order valence-corrected chi connectivity index (χ0v) is 21.7. The molecule has 1 atom stereocenters. The molecule has 0 saturated carbocycles. The smallest absolute Gasteiger partial charge is 0.237 e. The Labute approximate surface area is 213 Å². The lowest BCUT2D eigenvalue weighted by Gasteiger charge is -2.16. The highest BCUT2D eigenvalue weighted by Crippen LogP contribution is 2.33. The van der Waals surface area contributed by atoms with Crippen LogP contribution in [0.25, 0.3) is 10.2 Å². The molecule has 2 aromatic carbocycles. The van der Waals surface area contributed by atoms with Gasteiger partial charge in [-0.25, -0.2) is 4.98 Å². The number of para-hydroxylation sites is 1. The van der Waals surface area contributed by atoms with Crippen molar-refractivity contribution in [3.8, 4) is 0 Å². The minimum Gasteiger partial charge on any atom is -0.325 e. The number of aromatic nitrogens is 3. The second kappa shape index (κ2) is 10.0. The van der Waals surface area contributed by atoms with Crippen LogP contribution in [0.4, 0.5) is 11.4 Å². The van der Waals surface area contributed by atoms with E-state index in [0.717, 1.165) is 48.2 Å². The van der Waals surface area contributed by atoms with Crippen molar-refractivity contribution in [3.05, 3.63) is 53.0 Å². The standard InChI is InChI=1S/C23H21N5O2S4/c1-13(32-23-27-26-14(2)33-23)21(30)24-16-7-8-17-19(11-16)34-22(25-17)31-12-20(29)28-10-9-15-5-3-4-6-18(15)28/h3-8,11,13H,9-10,12H2,1-2H3,(H,24,30)/t13-/m0/s1. The van der Waals surface area contributed by atoms with E-state index < -0.39 is 0 Å². The quantitative estimate of drug-likeness (QED) is 0.328. The second-order valence-corrected chi connectivity index (χ2v) is 12.7. The maximum atomic E-state index is 12.8. The molecule has 3 heterocycles. The topological polar surface area (TPSA) is 88.1 Å². The number of anilines is 2. The van der Waals surface area contributed by atoms with E-state index in [1.807, 2.05) is 55.1 Å². The van der Waals surface area contributed by atoms with Crippen molar-refractivity contribution in [1.82, 2.24) is 15.2 Å². The van der Waals surface area contributed by atoms with Gasteiger partial charge in [0, 0.05) is 17.9 Å². The van der Waals surface area contributed by atoms with Crippen molar-refractivity contribution in [3.63, 3.8) is 0 Å². The third kappa shape index (κ3) is 5.12. The van der Waals surface area contributed by atoms with Gasteiger partial charge in [0.15, 0.2) is 8.68 Å². The molecule has 34 heavy (non-hydrogen) atoms. The highest BCUT2D eigenvalue weighted by atomic mass is 32.2. The third-order valence-corrected chi connectivity index (χ3v) is 9.47. The molecule has 7 nitrogen and oxygen atoms in total. The fourth-order valence-electron chi connectivity index (χ4n) is 3.62. The lowest BCUT2D eigenvalue weighted by molar-refractivity contribution is -0.116. The van der Waals surface area contributed by atoms with Crippen LogP contribution in [0.2, 0.25) is 0 Å². The SMILES string of the molecule is Cc1nnc(S[C@@H](C)C(=O)Nc2ccc3nc(SCC(=O)N4CCc5ccccc54)sc3c2)s1. The van der Waals surface area contributed by atoms with Gasteiger partial charge in [-0.05, 0) is 50.1 Å². The Morgan fingerprint density at radius 3 is 2.82 bits per heavy atom. The van der Waals surface area contributed by atoms with Crippen LogP contribution in [-0.4, -0.2) is 44.5 Å². The largest absolute Gasteiger partial charge is 0.325 e. The molecule has 0 saturated heterocycles. The fraction of sp³-hybridized carbons (Fsp3) is 0.261. The summed E-state index contributed by atoms with van der Waals surface area (Å²) in [5.74, 6) is 0.351. The number of thiazole rings is 1. The van der Waals surface area contributed by atoms with Crippen LogP contribution in [0.15, 0.2) is 51.1 Å². The Hall–Kier alpha value is -2.47. The maximum absolute atomic E-state index is 12.8. The molecule has 5 rings (SSSR count). The second-order valence-electron chi connectivity index (χ2n) is 7.71. The summed E-state index contributed by atoms with van der Waals surface area (Å²) in [4.78, 5) is 31.9. The number of thioether (sulfide) groups is 2. The molecular formula is C23H21N5O2S4. The monoisotopic (exact) mass is 527 g/mol. The van der Waals surface area contributed by atoms with Crippen molar-refractivity contribution in [2.75, 3.05) is 22.5 Å². The number of fused-ring (bicyclic) bond motifs is 2. The minimum absolute atomic E-state index is 0.0900. The van der Waals surface area contributed by atoms with Crippen LogP contribution in [0.1, 0.15) is 17.5 Å². The molecule has 1 aliphatic rings. The van der Waals surface area contributed by atoms with E-state index in [1.54, 1.807) is 0 Å². The summed E-state index contributed by atoms with van der Waals surface area (Å²) in [6.07, 6.45) is 0.902. The number of hydrogen-bond acceptors (Lipinski definition) is 9.